The zero-order valence-corrected chi connectivity index (χ0v) is 14.7. The van der Waals surface area contributed by atoms with Gasteiger partial charge in [-0.3, -0.25) is 4.79 Å². The Hall–Kier alpha value is -2.43. The highest BCUT2D eigenvalue weighted by molar-refractivity contribution is 5.95. The van der Waals surface area contributed by atoms with Crippen molar-refractivity contribution in [2.24, 2.45) is 5.92 Å². The topological polar surface area (TPSA) is 54.0 Å². The molecule has 4 nitrogen and oxygen atoms in total. The zero-order chi connectivity index (χ0) is 17.8. The molecule has 0 atom stereocenters. The molecule has 2 N–H and O–H groups in total. The molecule has 0 radical (unpaired) electrons. The van der Waals surface area contributed by atoms with Crippen LogP contribution in [0.1, 0.15) is 55.1 Å². The summed E-state index contributed by atoms with van der Waals surface area (Å²) in [6.07, 6.45) is 3.66. The number of aromatic nitrogens is 1. The Kier molecular flexibility index (Phi) is 5.31. The van der Waals surface area contributed by atoms with Gasteiger partial charge in [0.25, 0.3) is 5.91 Å². The van der Waals surface area contributed by atoms with E-state index < -0.39 is 0 Å². The Morgan fingerprint density at radius 1 is 1.28 bits per heavy atom. The summed E-state index contributed by atoms with van der Waals surface area (Å²) in [5, 5.41) is 6.12. The standard InChI is InChI=1S/C20H24FN3O/c1-13(2)19-17(20(25)22-12-14-5-3-6-14)9-10-18(24-19)23-16-8-4-7-15(21)11-16/h4,7-11,13-14H,3,5-6,12H2,1-2H3,(H,22,25)(H,23,24). The third kappa shape index (κ3) is 4.35. The molecule has 3 rings (SSSR count). The van der Waals surface area contributed by atoms with Crippen LogP contribution in [0.2, 0.25) is 0 Å². The van der Waals surface area contributed by atoms with Gasteiger partial charge in [-0.2, -0.15) is 0 Å². The maximum atomic E-state index is 13.3. The van der Waals surface area contributed by atoms with E-state index in [1.807, 2.05) is 13.8 Å². The van der Waals surface area contributed by atoms with E-state index in [1.54, 1.807) is 24.3 Å². The molecule has 1 amide bonds. The predicted octanol–water partition coefficient (Wildman–Crippen LogP) is 4.62. The Morgan fingerprint density at radius 3 is 2.72 bits per heavy atom. The summed E-state index contributed by atoms with van der Waals surface area (Å²) in [7, 11) is 0. The van der Waals surface area contributed by atoms with Gasteiger partial charge in [0, 0.05) is 12.2 Å². The first-order valence-corrected chi connectivity index (χ1v) is 8.84. The van der Waals surface area contributed by atoms with Crippen molar-refractivity contribution in [2.75, 3.05) is 11.9 Å². The molecule has 132 valence electrons. The second-order valence-corrected chi connectivity index (χ2v) is 6.93. The second kappa shape index (κ2) is 7.64. The van der Waals surface area contributed by atoms with Crippen molar-refractivity contribution in [3.05, 3.63) is 53.5 Å². The van der Waals surface area contributed by atoms with E-state index in [0.717, 1.165) is 12.2 Å². The van der Waals surface area contributed by atoms with Gasteiger partial charge in [0.1, 0.15) is 11.6 Å². The van der Waals surface area contributed by atoms with Gasteiger partial charge in [-0.05, 0) is 55.0 Å². The monoisotopic (exact) mass is 341 g/mol. The normalized spacial score (nSPS) is 14.2. The van der Waals surface area contributed by atoms with E-state index in [2.05, 4.69) is 15.6 Å². The van der Waals surface area contributed by atoms with Crippen molar-refractivity contribution < 1.29 is 9.18 Å². The molecule has 1 fully saturated rings. The average Bonchev–Trinajstić information content (AvgIpc) is 2.53. The second-order valence-electron chi connectivity index (χ2n) is 6.93. The number of nitrogens with one attached hydrogen (secondary N) is 2. The van der Waals surface area contributed by atoms with Gasteiger partial charge in [0.15, 0.2) is 0 Å². The van der Waals surface area contributed by atoms with Gasteiger partial charge in [-0.1, -0.05) is 26.3 Å². The minimum atomic E-state index is -0.305. The van der Waals surface area contributed by atoms with E-state index in [0.29, 0.717) is 23.0 Å². The molecule has 1 heterocycles. The minimum Gasteiger partial charge on any atom is -0.352 e. The highest BCUT2D eigenvalue weighted by Crippen LogP contribution is 2.26. The fourth-order valence-corrected chi connectivity index (χ4v) is 2.92. The van der Waals surface area contributed by atoms with Crippen LogP contribution in [0.25, 0.3) is 0 Å². The quantitative estimate of drug-likeness (QED) is 0.806. The summed E-state index contributed by atoms with van der Waals surface area (Å²) in [5.41, 5.74) is 1.98. The Morgan fingerprint density at radius 2 is 2.08 bits per heavy atom. The lowest BCUT2D eigenvalue weighted by atomic mass is 9.85. The summed E-state index contributed by atoms with van der Waals surface area (Å²) in [4.78, 5) is 17.1. The maximum absolute atomic E-state index is 13.3. The van der Waals surface area contributed by atoms with Crippen LogP contribution in [0.5, 0.6) is 0 Å². The number of halogens is 1. The van der Waals surface area contributed by atoms with Crippen LogP contribution >= 0.6 is 0 Å². The lowest BCUT2D eigenvalue weighted by molar-refractivity contribution is 0.0937. The number of hydrogen-bond acceptors (Lipinski definition) is 3. The van der Waals surface area contributed by atoms with E-state index >= 15 is 0 Å². The lowest BCUT2D eigenvalue weighted by Crippen LogP contribution is -2.33. The molecule has 1 aromatic carbocycles. The van der Waals surface area contributed by atoms with E-state index in [9.17, 15) is 9.18 Å². The van der Waals surface area contributed by atoms with Gasteiger partial charge < -0.3 is 10.6 Å². The third-order valence-electron chi connectivity index (χ3n) is 4.59. The molecule has 25 heavy (non-hydrogen) atoms. The first kappa shape index (κ1) is 17.4. The van der Waals surface area contributed by atoms with Crippen LogP contribution in [0.4, 0.5) is 15.9 Å². The van der Waals surface area contributed by atoms with E-state index in [1.165, 1.54) is 31.4 Å². The molecule has 1 aliphatic carbocycles. The van der Waals surface area contributed by atoms with Crippen molar-refractivity contribution in [2.45, 2.75) is 39.0 Å². The molecular weight excluding hydrogens is 317 g/mol. The van der Waals surface area contributed by atoms with Gasteiger partial charge in [0.05, 0.1) is 11.3 Å². The van der Waals surface area contributed by atoms with Crippen LogP contribution in [-0.2, 0) is 0 Å². The van der Waals surface area contributed by atoms with Crippen molar-refractivity contribution >= 4 is 17.4 Å². The summed E-state index contributed by atoms with van der Waals surface area (Å²) < 4.78 is 13.3. The number of hydrogen-bond donors (Lipinski definition) is 2. The Bertz CT molecular complexity index is 756. The van der Waals surface area contributed by atoms with Gasteiger partial charge in [-0.15, -0.1) is 0 Å². The molecule has 0 unspecified atom stereocenters. The Balaban J connectivity index is 1.76. The van der Waals surface area contributed by atoms with Crippen LogP contribution in [-0.4, -0.2) is 17.4 Å². The SMILES string of the molecule is CC(C)c1nc(Nc2cccc(F)c2)ccc1C(=O)NCC1CCC1. The number of nitrogens with zero attached hydrogens (tertiary/aromatic N) is 1. The number of benzene rings is 1. The number of rotatable bonds is 6. The molecule has 5 heteroatoms. The first-order chi connectivity index (χ1) is 12.0. The third-order valence-corrected chi connectivity index (χ3v) is 4.59. The van der Waals surface area contributed by atoms with E-state index in [-0.39, 0.29) is 17.6 Å². The minimum absolute atomic E-state index is 0.0691. The lowest BCUT2D eigenvalue weighted by Gasteiger charge is -2.25. The highest BCUT2D eigenvalue weighted by atomic mass is 19.1. The largest absolute Gasteiger partial charge is 0.352 e. The molecule has 0 saturated heterocycles. The Labute approximate surface area is 147 Å². The van der Waals surface area contributed by atoms with Crippen molar-refractivity contribution in [3.63, 3.8) is 0 Å². The van der Waals surface area contributed by atoms with Gasteiger partial charge >= 0.3 is 0 Å². The zero-order valence-electron chi connectivity index (χ0n) is 14.7. The van der Waals surface area contributed by atoms with Crippen LogP contribution in [0.3, 0.4) is 0 Å². The van der Waals surface area contributed by atoms with Crippen LogP contribution in [0.15, 0.2) is 36.4 Å². The van der Waals surface area contributed by atoms with Crippen molar-refractivity contribution in [1.29, 1.82) is 0 Å². The van der Waals surface area contributed by atoms with Crippen LogP contribution in [0, 0.1) is 11.7 Å². The molecule has 1 saturated carbocycles. The molecule has 0 spiro atoms. The highest BCUT2D eigenvalue weighted by Gasteiger charge is 2.20. The first-order valence-electron chi connectivity index (χ1n) is 8.84. The molecule has 1 aliphatic rings. The summed E-state index contributed by atoms with van der Waals surface area (Å²) in [6.45, 7) is 4.76. The number of carbonyl (C=O) groups excluding carboxylic acids is 1. The van der Waals surface area contributed by atoms with Crippen molar-refractivity contribution in [1.82, 2.24) is 10.3 Å². The molecular formula is C20H24FN3O. The molecule has 2 aromatic rings. The van der Waals surface area contributed by atoms with E-state index in [4.69, 9.17) is 0 Å². The summed E-state index contributed by atoms with van der Waals surface area (Å²) in [5.74, 6) is 0.957. The number of anilines is 2. The van der Waals surface area contributed by atoms with Gasteiger partial charge in [0.2, 0.25) is 0 Å². The molecule has 1 aromatic heterocycles. The predicted molar refractivity (Wildman–Crippen MR) is 97.7 cm³/mol. The van der Waals surface area contributed by atoms with Crippen molar-refractivity contribution in [3.8, 4) is 0 Å². The van der Waals surface area contributed by atoms with Crippen LogP contribution < -0.4 is 10.6 Å². The number of pyridine rings is 1. The number of carbonyl (C=O) groups is 1. The summed E-state index contributed by atoms with van der Waals surface area (Å²) in [6, 6.07) is 9.78. The fourth-order valence-electron chi connectivity index (χ4n) is 2.92. The molecule has 0 aliphatic heterocycles. The fraction of sp³-hybridized carbons (Fsp3) is 0.400. The molecule has 0 bridgehead atoms. The average molecular weight is 341 g/mol. The smallest absolute Gasteiger partial charge is 0.253 e. The number of amides is 1. The summed E-state index contributed by atoms with van der Waals surface area (Å²) >= 11 is 0. The van der Waals surface area contributed by atoms with Gasteiger partial charge in [-0.25, -0.2) is 9.37 Å². The maximum Gasteiger partial charge on any atom is 0.253 e.